The number of nitrogens with zero attached hydrogens (tertiary/aromatic N) is 3. The van der Waals surface area contributed by atoms with Gasteiger partial charge in [0.1, 0.15) is 22.8 Å². The Hall–Kier alpha value is -1.36. The number of anilines is 1. The first-order chi connectivity index (χ1) is 9.32. The zero-order valence-corrected chi connectivity index (χ0v) is 13.2. The molecule has 1 aromatic rings. The minimum Gasteiger partial charge on any atom is -0.353 e. The number of nitrogens with one attached hydrogen (secondary N) is 1. The number of amides is 1. The van der Waals surface area contributed by atoms with Gasteiger partial charge in [0.15, 0.2) is 0 Å². The SMILES string of the molecule is CCC1C(=O)NCCN1c1cc(Cl)nc(C(C)(C)C)n1. The highest BCUT2D eigenvalue weighted by Gasteiger charge is 2.30. The number of aromatic nitrogens is 2. The van der Waals surface area contributed by atoms with E-state index in [-0.39, 0.29) is 17.4 Å². The zero-order valence-electron chi connectivity index (χ0n) is 12.4. The molecule has 0 radical (unpaired) electrons. The lowest BCUT2D eigenvalue weighted by Gasteiger charge is -2.35. The Balaban J connectivity index is 2.41. The number of hydrogen-bond acceptors (Lipinski definition) is 4. The van der Waals surface area contributed by atoms with Gasteiger partial charge in [-0.15, -0.1) is 0 Å². The van der Waals surface area contributed by atoms with Crippen molar-refractivity contribution < 1.29 is 4.79 Å². The third kappa shape index (κ3) is 3.03. The Morgan fingerprint density at radius 2 is 2.15 bits per heavy atom. The summed E-state index contributed by atoms with van der Waals surface area (Å²) >= 11 is 6.12. The summed E-state index contributed by atoms with van der Waals surface area (Å²) in [6.07, 6.45) is 0.734. The molecule has 1 fully saturated rings. The highest BCUT2D eigenvalue weighted by atomic mass is 35.5. The Labute approximate surface area is 124 Å². The van der Waals surface area contributed by atoms with E-state index in [2.05, 4.69) is 15.3 Å². The van der Waals surface area contributed by atoms with Crippen LogP contribution in [0.2, 0.25) is 5.15 Å². The van der Waals surface area contributed by atoms with Crippen molar-refractivity contribution in [3.63, 3.8) is 0 Å². The summed E-state index contributed by atoms with van der Waals surface area (Å²) in [5.74, 6) is 1.48. The lowest BCUT2D eigenvalue weighted by Crippen LogP contribution is -2.55. The van der Waals surface area contributed by atoms with Gasteiger partial charge in [0.25, 0.3) is 0 Å². The smallest absolute Gasteiger partial charge is 0.242 e. The molecule has 1 N–H and O–H groups in total. The summed E-state index contributed by atoms with van der Waals surface area (Å²) in [6.45, 7) is 9.49. The second-order valence-electron chi connectivity index (χ2n) is 6.03. The third-order valence-electron chi connectivity index (χ3n) is 3.36. The van der Waals surface area contributed by atoms with Crippen LogP contribution in [0.4, 0.5) is 5.82 Å². The Morgan fingerprint density at radius 3 is 2.75 bits per heavy atom. The fraction of sp³-hybridized carbons (Fsp3) is 0.643. The molecule has 1 aliphatic heterocycles. The van der Waals surface area contributed by atoms with Crippen LogP contribution < -0.4 is 10.2 Å². The van der Waals surface area contributed by atoms with Crippen LogP contribution >= 0.6 is 11.6 Å². The quantitative estimate of drug-likeness (QED) is 0.850. The van der Waals surface area contributed by atoms with Crippen LogP contribution in [-0.2, 0) is 10.2 Å². The average molecular weight is 297 g/mol. The van der Waals surface area contributed by atoms with E-state index in [1.54, 1.807) is 6.07 Å². The lowest BCUT2D eigenvalue weighted by atomic mass is 9.96. The number of carbonyl (C=O) groups excluding carboxylic acids is 1. The van der Waals surface area contributed by atoms with Gasteiger partial charge in [-0.25, -0.2) is 9.97 Å². The monoisotopic (exact) mass is 296 g/mol. The molecular formula is C14H21ClN4O. The average Bonchev–Trinajstić information content (AvgIpc) is 2.36. The van der Waals surface area contributed by atoms with Gasteiger partial charge in [0.05, 0.1) is 0 Å². The molecule has 1 saturated heterocycles. The van der Waals surface area contributed by atoms with Crippen LogP contribution in [0.25, 0.3) is 0 Å². The Morgan fingerprint density at radius 1 is 1.45 bits per heavy atom. The molecule has 1 atom stereocenters. The van der Waals surface area contributed by atoms with Crippen LogP contribution in [0.15, 0.2) is 6.07 Å². The van der Waals surface area contributed by atoms with E-state index in [9.17, 15) is 4.79 Å². The van der Waals surface area contributed by atoms with E-state index in [4.69, 9.17) is 11.6 Å². The predicted molar refractivity (Wildman–Crippen MR) is 80.2 cm³/mol. The van der Waals surface area contributed by atoms with Crippen LogP contribution in [0.5, 0.6) is 0 Å². The van der Waals surface area contributed by atoms with Crippen molar-refractivity contribution in [2.75, 3.05) is 18.0 Å². The highest BCUT2D eigenvalue weighted by Crippen LogP contribution is 2.26. The van der Waals surface area contributed by atoms with Gasteiger partial charge in [-0.1, -0.05) is 39.3 Å². The van der Waals surface area contributed by atoms with Crippen LogP contribution in [0, 0.1) is 0 Å². The normalized spacial score (nSPS) is 19.9. The van der Waals surface area contributed by atoms with Crippen LogP contribution in [0.3, 0.4) is 0 Å². The van der Waals surface area contributed by atoms with Crippen molar-refractivity contribution in [3.8, 4) is 0 Å². The van der Waals surface area contributed by atoms with Crippen molar-refractivity contribution in [2.45, 2.75) is 45.6 Å². The predicted octanol–water partition coefficient (Wildman–Crippen LogP) is 2.14. The summed E-state index contributed by atoms with van der Waals surface area (Å²) in [5.41, 5.74) is -0.181. The summed E-state index contributed by atoms with van der Waals surface area (Å²) in [6, 6.07) is 1.54. The van der Waals surface area contributed by atoms with E-state index in [0.29, 0.717) is 17.5 Å². The molecular weight excluding hydrogens is 276 g/mol. The largest absolute Gasteiger partial charge is 0.353 e. The molecule has 5 nitrogen and oxygen atoms in total. The van der Waals surface area contributed by atoms with Gasteiger partial charge in [-0.05, 0) is 6.42 Å². The Bertz CT molecular complexity index is 512. The fourth-order valence-corrected chi connectivity index (χ4v) is 2.46. The molecule has 1 aromatic heterocycles. The number of halogens is 1. The van der Waals surface area contributed by atoms with Gasteiger partial charge in [0, 0.05) is 24.6 Å². The number of piperazine rings is 1. The van der Waals surface area contributed by atoms with Gasteiger partial charge < -0.3 is 10.2 Å². The molecule has 1 amide bonds. The van der Waals surface area contributed by atoms with Crippen molar-refractivity contribution in [2.24, 2.45) is 0 Å². The van der Waals surface area contributed by atoms with Crippen molar-refractivity contribution in [1.82, 2.24) is 15.3 Å². The maximum absolute atomic E-state index is 11.9. The molecule has 6 heteroatoms. The van der Waals surface area contributed by atoms with E-state index in [1.807, 2.05) is 32.6 Å². The first-order valence-electron chi connectivity index (χ1n) is 6.92. The van der Waals surface area contributed by atoms with Gasteiger partial charge >= 0.3 is 0 Å². The molecule has 0 aliphatic carbocycles. The molecule has 0 saturated carbocycles. The molecule has 2 heterocycles. The van der Waals surface area contributed by atoms with E-state index in [0.717, 1.165) is 18.8 Å². The molecule has 1 aliphatic rings. The highest BCUT2D eigenvalue weighted by molar-refractivity contribution is 6.29. The van der Waals surface area contributed by atoms with Crippen molar-refractivity contribution >= 4 is 23.3 Å². The summed E-state index contributed by atoms with van der Waals surface area (Å²) in [4.78, 5) is 22.9. The maximum atomic E-state index is 11.9. The van der Waals surface area contributed by atoms with E-state index in [1.165, 1.54) is 0 Å². The van der Waals surface area contributed by atoms with E-state index < -0.39 is 0 Å². The fourth-order valence-electron chi connectivity index (χ4n) is 2.28. The third-order valence-corrected chi connectivity index (χ3v) is 3.56. The second-order valence-corrected chi connectivity index (χ2v) is 6.42. The summed E-state index contributed by atoms with van der Waals surface area (Å²) in [7, 11) is 0. The molecule has 0 spiro atoms. The molecule has 1 unspecified atom stereocenters. The number of hydrogen-bond donors (Lipinski definition) is 1. The molecule has 2 rings (SSSR count). The Kier molecular flexibility index (Phi) is 4.18. The molecule has 0 aromatic carbocycles. The number of carbonyl (C=O) groups is 1. The van der Waals surface area contributed by atoms with Gasteiger partial charge in [-0.3, -0.25) is 4.79 Å². The molecule has 110 valence electrons. The van der Waals surface area contributed by atoms with Crippen molar-refractivity contribution in [3.05, 3.63) is 17.0 Å². The van der Waals surface area contributed by atoms with Crippen LogP contribution in [-0.4, -0.2) is 35.0 Å². The first kappa shape index (κ1) is 15.0. The van der Waals surface area contributed by atoms with Crippen LogP contribution in [0.1, 0.15) is 39.9 Å². The zero-order chi connectivity index (χ0) is 14.9. The number of rotatable bonds is 2. The summed E-state index contributed by atoms with van der Waals surface area (Å²) in [5, 5.41) is 3.30. The maximum Gasteiger partial charge on any atom is 0.242 e. The first-order valence-corrected chi connectivity index (χ1v) is 7.30. The van der Waals surface area contributed by atoms with E-state index >= 15 is 0 Å². The minimum atomic E-state index is -0.192. The molecule has 0 bridgehead atoms. The summed E-state index contributed by atoms with van der Waals surface area (Å²) < 4.78 is 0. The van der Waals surface area contributed by atoms with Gasteiger partial charge in [-0.2, -0.15) is 0 Å². The standard InChI is InChI=1S/C14H21ClN4O/c1-5-9-12(20)16-6-7-19(9)11-8-10(15)17-13(18-11)14(2,3)4/h8-9H,5-7H2,1-4H3,(H,16,20). The molecule has 20 heavy (non-hydrogen) atoms. The lowest BCUT2D eigenvalue weighted by molar-refractivity contribution is -0.123. The van der Waals surface area contributed by atoms with Crippen molar-refractivity contribution in [1.29, 1.82) is 0 Å². The second kappa shape index (κ2) is 5.56. The minimum absolute atomic E-state index is 0.0470. The van der Waals surface area contributed by atoms with Gasteiger partial charge in [0.2, 0.25) is 5.91 Å². The topological polar surface area (TPSA) is 58.1 Å².